The molecular weight excluding hydrogens is 801 g/mol. The van der Waals surface area contributed by atoms with E-state index in [2.05, 4.69) is 15.1 Å². The summed E-state index contributed by atoms with van der Waals surface area (Å²) in [5.74, 6) is -0.204. The Morgan fingerprint density at radius 3 is 2.32 bits per heavy atom. The van der Waals surface area contributed by atoms with E-state index in [-0.39, 0.29) is 67.3 Å². The Morgan fingerprint density at radius 1 is 0.949 bits per heavy atom. The predicted molar refractivity (Wildman–Crippen MR) is 209 cm³/mol. The first-order valence-corrected chi connectivity index (χ1v) is 19.3. The number of piperazine rings is 1. The second-order valence-electron chi connectivity index (χ2n) is 13.9. The lowest BCUT2D eigenvalue weighted by atomic mass is 10.0. The van der Waals surface area contributed by atoms with Gasteiger partial charge < -0.3 is 39.4 Å². The number of nitrogens with one attached hydrogen (secondary N) is 1. The van der Waals surface area contributed by atoms with Gasteiger partial charge in [0.25, 0.3) is 5.91 Å². The van der Waals surface area contributed by atoms with E-state index in [1.807, 2.05) is 35.2 Å². The molecule has 2 saturated heterocycles. The number of hydrogen-bond donors (Lipinski definition) is 2. The molecule has 3 N–H and O–H groups in total. The molecule has 2 amide bonds. The number of piperidine rings is 1. The van der Waals surface area contributed by atoms with Crippen molar-refractivity contribution in [1.82, 2.24) is 29.5 Å². The second kappa shape index (κ2) is 19.4. The average Bonchev–Trinajstić information content (AvgIpc) is 3.64. The van der Waals surface area contributed by atoms with Crippen LogP contribution in [0.2, 0.25) is 5.02 Å². The summed E-state index contributed by atoms with van der Waals surface area (Å²) in [4.78, 5) is 64.8. The number of pyridine rings is 1. The highest BCUT2D eigenvalue weighted by Gasteiger charge is 2.37. The van der Waals surface area contributed by atoms with Gasteiger partial charge in [-0.1, -0.05) is 41.9 Å². The number of rotatable bonds is 14. The number of aromatic nitrogens is 4. The first-order valence-electron chi connectivity index (χ1n) is 18.9. The molecule has 0 spiro atoms. The van der Waals surface area contributed by atoms with Gasteiger partial charge in [-0.25, -0.2) is 24.0 Å². The van der Waals surface area contributed by atoms with Gasteiger partial charge in [0, 0.05) is 64.6 Å². The number of H-pyrrole nitrogens is 1. The number of amides is 2. The summed E-state index contributed by atoms with van der Waals surface area (Å²) in [6.07, 6.45) is -5.48. The zero-order chi connectivity index (χ0) is 42.1. The summed E-state index contributed by atoms with van der Waals surface area (Å²) in [6.45, 7) is 2.41. The number of benzene rings is 2. The SMILES string of the molecule is COCCOCCOC(=O)c1ccc(N2CCN(C(=O)[C@@H](Cc3cc(Cl)c(N)c(C(F)(F)F)c3)OC(=O)N3CCC(n4nc(-c5ccccc5)[nH]c4=O)CC3)CC2)nc1. The highest BCUT2D eigenvalue weighted by molar-refractivity contribution is 6.33. The van der Waals surface area contributed by atoms with Crippen LogP contribution in [0, 0.1) is 0 Å². The highest BCUT2D eigenvalue weighted by Crippen LogP contribution is 2.38. The third-order valence-electron chi connectivity index (χ3n) is 9.98. The van der Waals surface area contributed by atoms with Gasteiger partial charge in [0.15, 0.2) is 11.9 Å². The van der Waals surface area contributed by atoms with Gasteiger partial charge in [-0.2, -0.15) is 13.2 Å². The average molecular weight is 845 g/mol. The summed E-state index contributed by atoms with van der Waals surface area (Å²) < 4.78 is 64.2. The summed E-state index contributed by atoms with van der Waals surface area (Å²) in [5, 5.41) is 4.11. The minimum atomic E-state index is -4.83. The van der Waals surface area contributed by atoms with Gasteiger partial charge in [0.1, 0.15) is 12.4 Å². The number of carbonyl (C=O) groups excluding carboxylic acids is 3. The van der Waals surface area contributed by atoms with E-state index >= 15 is 0 Å². The number of likely N-dealkylation sites (tertiary alicyclic amines) is 1. The summed E-state index contributed by atoms with van der Waals surface area (Å²) >= 11 is 6.11. The number of carbonyl (C=O) groups is 3. The fourth-order valence-corrected chi connectivity index (χ4v) is 7.04. The molecule has 4 aromatic rings. The van der Waals surface area contributed by atoms with Crippen molar-refractivity contribution in [3.05, 3.63) is 93.0 Å². The number of nitrogens with zero attached hydrogens (tertiary/aromatic N) is 6. The molecule has 0 radical (unpaired) electrons. The van der Waals surface area contributed by atoms with E-state index in [1.54, 1.807) is 19.2 Å². The van der Waals surface area contributed by atoms with E-state index < -0.39 is 47.9 Å². The number of alkyl halides is 3. The number of methoxy groups -OCH3 is 1. The van der Waals surface area contributed by atoms with Crippen molar-refractivity contribution in [2.75, 3.05) is 83.4 Å². The number of anilines is 2. The molecule has 316 valence electrons. The van der Waals surface area contributed by atoms with Crippen LogP contribution in [0.5, 0.6) is 0 Å². The molecule has 2 aliphatic heterocycles. The summed E-state index contributed by atoms with van der Waals surface area (Å²) in [7, 11) is 1.56. The Hall–Kier alpha value is -5.66. The molecule has 2 aromatic heterocycles. The smallest absolute Gasteiger partial charge is 0.418 e. The molecule has 2 aliphatic rings. The number of aromatic amines is 1. The van der Waals surface area contributed by atoms with E-state index in [9.17, 15) is 32.3 Å². The number of halogens is 4. The van der Waals surface area contributed by atoms with Crippen LogP contribution in [0.4, 0.5) is 29.5 Å². The normalized spacial score (nSPS) is 15.6. The van der Waals surface area contributed by atoms with Crippen molar-refractivity contribution in [3.63, 3.8) is 0 Å². The summed E-state index contributed by atoms with van der Waals surface area (Å²) in [6, 6.07) is 14.1. The zero-order valence-corrected chi connectivity index (χ0v) is 32.9. The fourth-order valence-electron chi connectivity index (χ4n) is 6.79. The fraction of sp³-hybridized carbons (Fsp3) is 0.436. The molecular formula is C39H44ClF3N8O8. The van der Waals surface area contributed by atoms with Crippen LogP contribution in [-0.4, -0.2) is 126 Å². The summed E-state index contributed by atoms with van der Waals surface area (Å²) in [5.41, 5.74) is 4.42. The molecule has 2 fully saturated rings. The van der Waals surface area contributed by atoms with Gasteiger partial charge in [-0.15, -0.1) is 5.10 Å². The van der Waals surface area contributed by atoms with Crippen LogP contribution >= 0.6 is 11.6 Å². The zero-order valence-electron chi connectivity index (χ0n) is 32.2. The minimum absolute atomic E-state index is 0.00594. The number of ether oxygens (including phenoxy) is 4. The Bertz CT molecular complexity index is 2120. The molecule has 0 bridgehead atoms. The lowest BCUT2D eigenvalue weighted by Gasteiger charge is -2.37. The quantitative estimate of drug-likeness (QED) is 0.103. The van der Waals surface area contributed by atoms with E-state index in [0.29, 0.717) is 50.8 Å². The Labute approximate surface area is 341 Å². The monoisotopic (exact) mass is 844 g/mol. The van der Waals surface area contributed by atoms with Gasteiger partial charge in [0.2, 0.25) is 0 Å². The molecule has 0 aliphatic carbocycles. The standard InChI is InChI=1S/C39H44ClF3N8O8/c1-56-17-18-57-19-20-58-36(53)27-7-8-32(45-24-27)48-13-15-49(16-14-48)35(52)31(23-25-21-29(39(41,42)43)33(44)30(40)22-25)59-38(55)50-11-9-28(10-12-50)51-37(54)46-34(47-51)26-5-3-2-4-6-26/h2-8,21-22,24,28,31H,9-20,23,44H2,1H3,(H,46,47,54)/t31-/m1/s1. The van der Waals surface area contributed by atoms with Gasteiger partial charge >= 0.3 is 23.9 Å². The van der Waals surface area contributed by atoms with Crippen LogP contribution < -0.4 is 16.3 Å². The number of nitrogens with two attached hydrogens (primary N) is 1. The molecule has 59 heavy (non-hydrogen) atoms. The van der Waals surface area contributed by atoms with Crippen molar-refractivity contribution in [2.24, 2.45) is 0 Å². The van der Waals surface area contributed by atoms with Gasteiger partial charge in [0.05, 0.1) is 47.7 Å². The Kier molecular flexibility index (Phi) is 14.1. The largest absolute Gasteiger partial charge is 0.460 e. The van der Waals surface area contributed by atoms with E-state index in [1.165, 1.54) is 26.7 Å². The first-order chi connectivity index (χ1) is 28.3. The van der Waals surface area contributed by atoms with Crippen molar-refractivity contribution < 1.29 is 46.5 Å². The van der Waals surface area contributed by atoms with Crippen molar-refractivity contribution >= 4 is 41.1 Å². The third kappa shape index (κ3) is 10.9. The van der Waals surface area contributed by atoms with Crippen molar-refractivity contribution in [3.8, 4) is 11.4 Å². The van der Waals surface area contributed by atoms with Gasteiger partial charge in [-0.05, 0) is 42.7 Å². The second-order valence-corrected chi connectivity index (χ2v) is 14.3. The molecule has 16 nitrogen and oxygen atoms in total. The Balaban J connectivity index is 1.09. The maximum Gasteiger partial charge on any atom is 0.418 e. The van der Waals surface area contributed by atoms with E-state index in [4.69, 9.17) is 36.3 Å². The van der Waals surface area contributed by atoms with Crippen LogP contribution in [0.25, 0.3) is 11.4 Å². The maximum absolute atomic E-state index is 14.1. The molecule has 20 heteroatoms. The number of esters is 1. The topological polar surface area (TPSA) is 187 Å². The van der Waals surface area contributed by atoms with Gasteiger partial charge in [-0.3, -0.25) is 9.78 Å². The van der Waals surface area contributed by atoms with Crippen molar-refractivity contribution in [2.45, 2.75) is 37.6 Å². The third-order valence-corrected chi connectivity index (χ3v) is 10.3. The Morgan fingerprint density at radius 2 is 1.66 bits per heavy atom. The van der Waals surface area contributed by atoms with Crippen LogP contribution in [0.15, 0.2) is 65.6 Å². The molecule has 2 aromatic carbocycles. The lowest BCUT2D eigenvalue weighted by Crippen LogP contribution is -2.53. The molecule has 4 heterocycles. The van der Waals surface area contributed by atoms with Crippen LogP contribution in [-0.2, 0) is 36.3 Å². The first kappa shape index (κ1) is 42.9. The predicted octanol–water partition coefficient (Wildman–Crippen LogP) is 4.44. The van der Waals surface area contributed by atoms with Crippen molar-refractivity contribution in [1.29, 1.82) is 0 Å². The maximum atomic E-state index is 14.1. The van der Waals surface area contributed by atoms with Crippen LogP contribution in [0.3, 0.4) is 0 Å². The minimum Gasteiger partial charge on any atom is -0.460 e. The number of hydrogen-bond acceptors (Lipinski definition) is 12. The van der Waals surface area contributed by atoms with E-state index in [0.717, 1.165) is 11.6 Å². The molecule has 6 rings (SSSR count). The van der Waals surface area contributed by atoms with Crippen LogP contribution in [0.1, 0.15) is 40.4 Å². The molecule has 0 unspecified atom stereocenters. The lowest BCUT2D eigenvalue weighted by molar-refractivity contribution is -0.141. The molecule has 0 saturated carbocycles. The highest BCUT2D eigenvalue weighted by atomic mass is 35.5. The number of nitrogen functional groups attached to an aromatic ring is 1. The molecule has 1 atom stereocenters.